The van der Waals surface area contributed by atoms with Gasteiger partial charge in [-0.2, -0.15) is 0 Å². The van der Waals surface area contributed by atoms with E-state index in [9.17, 15) is 4.79 Å². The number of para-hydroxylation sites is 1. The molecule has 2 rings (SSSR count). The van der Waals surface area contributed by atoms with Gasteiger partial charge in [0.05, 0.1) is 5.69 Å². The number of hydrazine groups is 1. The predicted molar refractivity (Wildman–Crippen MR) is 94.0 cm³/mol. The molecular formula is C16H16ClN3OS. The Labute approximate surface area is 139 Å². The number of nitrogens with zero attached hydrogens (tertiary/aromatic N) is 1. The quantitative estimate of drug-likeness (QED) is 0.668. The Kier molecular flexibility index (Phi) is 5.35. The lowest BCUT2D eigenvalue weighted by atomic mass is 10.1. The molecule has 0 unspecified atom stereocenters. The first-order valence-corrected chi connectivity index (χ1v) is 7.55. The summed E-state index contributed by atoms with van der Waals surface area (Å²) in [5, 5.41) is 2.06. The Morgan fingerprint density at radius 1 is 1.23 bits per heavy atom. The normalized spacial score (nSPS) is 10.1. The van der Waals surface area contributed by atoms with Gasteiger partial charge in [-0.1, -0.05) is 36.7 Å². The average Bonchev–Trinajstić information content (AvgIpc) is 2.52. The molecule has 2 aromatic carbocycles. The Bertz CT molecular complexity index is 688. The maximum atomic E-state index is 12.3. The van der Waals surface area contributed by atoms with Crippen LogP contribution in [0, 0.1) is 0 Å². The van der Waals surface area contributed by atoms with Gasteiger partial charge >= 0.3 is 0 Å². The maximum Gasteiger partial charge on any atom is 0.270 e. The molecule has 0 radical (unpaired) electrons. The van der Waals surface area contributed by atoms with Gasteiger partial charge in [-0.05, 0) is 54.5 Å². The first-order chi connectivity index (χ1) is 10.5. The van der Waals surface area contributed by atoms with Gasteiger partial charge in [0.1, 0.15) is 0 Å². The van der Waals surface area contributed by atoms with Gasteiger partial charge in [0.15, 0.2) is 5.11 Å². The molecule has 0 aliphatic carbocycles. The van der Waals surface area contributed by atoms with E-state index in [1.165, 1.54) is 5.01 Å². The maximum absolute atomic E-state index is 12.3. The Balaban J connectivity index is 2.27. The molecule has 0 saturated heterocycles. The summed E-state index contributed by atoms with van der Waals surface area (Å²) in [6.07, 6.45) is 0.798. The molecule has 6 heteroatoms. The van der Waals surface area contributed by atoms with Crippen LogP contribution in [0.25, 0.3) is 0 Å². The second-order valence-electron chi connectivity index (χ2n) is 4.60. The molecular weight excluding hydrogens is 318 g/mol. The largest absolute Gasteiger partial charge is 0.374 e. The topological polar surface area (TPSA) is 58.4 Å². The first-order valence-electron chi connectivity index (χ1n) is 6.77. The highest BCUT2D eigenvalue weighted by Gasteiger charge is 2.16. The molecule has 0 spiro atoms. The minimum Gasteiger partial charge on any atom is -0.374 e. The molecule has 0 atom stereocenters. The average molecular weight is 334 g/mol. The van der Waals surface area contributed by atoms with Crippen LogP contribution >= 0.6 is 23.8 Å². The van der Waals surface area contributed by atoms with Gasteiger partial charge in [-0.25, -0.2) is 5.01 Å². The summed E-state index contributed by atoms with van der Waals surface area (Å²) < 4.78 is 0. The van der Waals surface area contributed by atoms with Crippen LogP contribution < -0.4 is 16.2 Å². The van der Waals surface area contributed by atoms with Gasteiger partial charge < -0.3 is 5.73 Å². The molecule has 114 valence electrons. The predicted octanol–water partition coefficient (Wildman–Crippen LogP) is 3.30. The second-order valence-corrected chi connectivity index (χ2v) is 5.46. The van der Waals surface area contributed by atoms with Crippen molar-refractivity contribution in [2.45, 2.75) is 13.3 Å². The van der Waals surface area contributed by atoms with Gasteiger partial charge in [0.2, 0.25) is 0 Å². The van der Waals surface area contributed by atoms with Gasteiger partial charge in [0, 0.05) is 10.6 Å². The number of amides is 1. The lowest BCUT2D eigenvalue weighted by Crippen LogP contribution is -2.49. The van der Waals surface area contributed by atoms with Crippen molar-refractivity contribution in [3.05, 3.63) is 64.7 Å². The van der Waals surface area contributed by atoms with Crippen LogP contribution in [0.5, 0.6) is 0 Å². The zero-order valence-electron chi connectivity index (χ0n) is 12.0. The number of carbonyl (C=O) groups is 1. The van der Waals surface area contributed by atoms with Gasteiger partial charge in [0.25, 0.3) is 5.91 Å². The smallest absolute Gasteiger partial charge is 0.270 e. The van der Waals surface area contributed by atoms with Crippen LogP contribution in [0.1, 0.15) is 22.8 Å². The van der Waals surface area contributed by atoms with Crippen molar-refractivity contribution in [2.75, 3.05) is 5.01 Å². The number of halogens is 1. The summed E-state index contributed by atoms with van der Waals surface area (Å²) in [6, 6.07) is 14.2. The number of hydrogen-bond acceptors (Lipinski definition) is 2. The second kappa shape index (κ2) is 7.24. The monoisotopic (exact) mass is 333 g/mol. The molecule has 22 heavy (non-hydrogen) atoms. The molecule has 0 aliphatic rings. The van der Waals surface area contributed by atoms with Crippen molar-refractivity contribution >= 4 is 40.5 Å². The van der Waals surface area contributed by atoms with E-state index in [1.54, 1.807) is 24.3 Å². The van der Waals surface area contributed by atoms with Gasteiger partial charge in [-0.15, -0.1) is 0 Å². The van der Waals surface area contributed by atoms with Crippen molar-refractivity contribution in [3.63, 3.8) is 0 Å². The number of nitrogens with two attached hydrogens (primary N) is 1. The number of benzene rings is 2. The fourth-order valence-electron chi connectivity index (χ4n) is 2.03. The number of anilines is 1. The highest BCUT2D eigenvalue weighted by molar-refractivity contribution is 7.80. The van der Waals surface area contributed by atoms with E-state index in [0.717, 1.165) is 17.7 Å². The SMILES string of the molecule is CCc1ccccc1N(NC(=O)c1ccc(Cl)cc1)C(N)=S. The van der Waals surface area contributed by atoms with Crippen LogP contribution in [0.4, 0.5) is 5.69 Å². The van der Waals surface area contributed by atoms with Crippen molar-refractivity contribution < 1.29 is 4.79 Å². The van der Waals surface area contributed by atoms with E-state index in [0.29, 0.717) is 10.6 Å². The molecule has 0 bridgehead atoms. The zero-order chi connectivity index (χ0) is 16.1. The van der Waals surface area contributed by atoms with Crippen LogP contribution in [0.3, 0.4) is 0 Å². The molecule has 0 heterocycles. The Hall–Kier alpha value is -2.11. The summed E-state index contributed by atoms with van der Waals surface area (Å²) in [6.45, 7) is 2.03. The molecule has 0 saturated carbocycles. The lowest BCUT2D eigenvalue weighted by Gasteiger charge is -2.25. The highest BCUT2D eigenvalue weighted by Crippen LogP contribution is 2.20. The van der Waals surface area contributed by atoms with E-state index in [-0.39, 0.29) is 11.0 Å². The number of rotatable bonds is 3. The Morgan fingerprint density at radius 2 is 1.86 bits per heavy atom. The van der Waals surface area contributed by atoms with Crippen molar-refractivity contribution in [3.8, 4) is 0 Å². The number of hydrogen-bond donors (Lipinski definition) is 2. The zero-order valence-corrected chi connectivity index (χ0v) is 13.6. The minimum atomic E-state index is -0.310. The van der Waals surface area contributed by atoms with Crippen LogP contribution in [0.2, 0.25) is 5.02 Å². The fourth-order valence-corrected chi connectivity index (χ4v) is 2.30. The van der Waals surface area contributed by atoms with Crippen molar-refractivity contribution in [2.24, 2.45) is 5.73 Å². The van der Waals surface area contributed by atoms with E-state index < -0.39 is 0 Å². The standard InChI is InChI=1S/C16H16ClN3OS/c1-2-11-5-3-4-6-14(11)20(16(18)22)19-15(21)12-7-9-13(17)10-8-12/h3-10H,2H2,1H3,(H2,18,22)(H,19,21). The number of aryl methyl sites for hydroxylation is 1. The first kappa shape index (κ1) is 16.3. The summed E-state index contributed by atoms with van der Waals surface area (Å²) >= 11 is 10.9. The molecule has 0 fully saturated rings. The van der Waals surface area contributed by atoms with Gasteiger partial charge in [-0.3, -0.25) is 10.2 Å². The van der Waals surface area contributed by atoms with Crippen molar-refractivity contribution in [1.29, 1.82) is 0 Å². The lowest BCUT2D eigenvalue weighted by molar-refractivity contribution is 0.0955. The molecule has 2 aromatic rings. The van der Waals surface area contributed by atoms with E-state index >= 15 is 0 Å². The molecule has 3 N–H and O–H groups in total. The number of thiocarbonyl (C=S) groups is 1. The van der Waals surface area contributed by atoms with Crippen LogP contribution in [0.15, 0.2) is 48.5 Å². The summed E-state index contributed by atoms with van der Waals surface area (Å²) in [4.78, 5) is 12.3. The summed E-state index contributed by atoms with van der Waals surface area (Å²) in [5.74, 6) is -0.310. The Morgan fingerprint density at radius 3 is 2.45 bits per heavy atom. The van der Waals surface area contributed by atoms with Crippen LogP contribution in [-0.4, -0.2) is 11.0 Å². The molecule has 0 aromatic heterocycles. The van der Waals surface area contributed by atoms with Crippen molar-refractivity contribution in [1.82, 2.24) is 5.43 Å². The third-order valence-electron chi connectivity index (χ3n) is 3.15. The van der Waals surface area contributed by atoms with E-state index in [4.69, 9.17) is 29.6 Å². The third kappa shape index (κ3) is 3.75. The molecule has 1 amide bonds. The highest BCUT2D eigenvalue weighted by atomic mass is 35.5. The molecule has 4 nitrogen and oxygen atoms in total. The fraction of sp³-hybridized carbons (Fsp3) is 0.125. The minimum absolute atomic E-state index is 0.0724. The number of carbonyl (C=O) groups excluding carboxylic acids is 1. The molecule has 0 aliphatic heterocycles. The van der Waals surface area contributed by atoms with Crippen LogP contribution in [-0.2, 0) is 6.42 Å². The third-order valence-corrected chi connectivity index (χ3v) is 3.59. The van der Waals surface area contributed by atoms with E-state index in [1.807, 2.05) is 31.2 Å². The summed E-state index contributed by atoms with van der Waals surface area (Å²) in [5.41, 5.74) is 10.8. The van der Waals surface area contributed by atoms with E-state index in [2.05, 4.69) is 5.43 Å². The summed E-state index contributed by atoms with van der Waals surface area (Å²) in [7, 11) is 0. The number of nitrogens with one attached hydrogen (secondary N) is 1.